The van der Waals surface area contributed by atoms with E-state index in [1.807, 2.05) is 12.2 Å². The fourth-order valence-electron chi connectivity index (χ4n) is 2.77. The van der Waals surface area contributed by atoms with Crippen LogP contribution in [0.25, 0.3) is 0 Å². The van der Waals surface area contributed by atoms with Gasteiger partial charge in [0.2, 0.25) is 0 Å². The summed E-state index contributed by atoms with van der Waals surface area (Å²) in [6, 6.07) is 0. The van der Waals surface area contributed by atoms with Gasteiger partial charge in [0.15, 0.2) is 0 Å². The van der Waals surface area contributed by atoms with E-state index in [1.54, 1.807) is 0 Å². The van der Waals surface area contributed by atoms with E-state index >= 15 is 0 Å². The van der Waals surface area contributed by atoms with Crippen molar-refractivity contribution in [3.63, 3.8) is 0 Å². The first-order valence-corrected chi connectivity index (χ1v) is 10.6. The largest absolute Gasteiger partial charge is 0.396 e. The van der Waals surface area contributed by atoms with Crippen LogP contribution in [-0.4, -0.2) is 49.2 Å². The van der Waals surface area contributed by atoms with Gasteiger partial charge in [-0.05, 0) is 51.4 Å². The van der Waals surface area contributed by atoms with Gasteiger partial charge < -0.3 is 24.4 Å². The molecule has 2 unspecified atom stereocenters. The van der Waals surface area contributed by atoms with Gasteiger partial charge in [-0.25, -0.2) is 0 Å². The van der Waals surface area contributed by atoms with Crippen LogP contribution >= 0.6 is 0 Å². The first-order chi connectivity index (χ1) is 13.3. The minimum atomic E-state index is 0.205. The highest BCUT2D eigenvalue weighted by molar-refractivity contribution is 4.82. The smallest absolute Gasteiger partial charge is 0.149 e. The zero-order chi connectivity index (χ0) is 20.0. The number of aliphatic hydroxyl groups is 2. The van der Waals surface area contributed by atoms with Crippen LogP contribution in [0, 0.1) is 0 Å². The molecule has 0 aliphatic rings. The Morgan fingerprint density at radius 3 is 1.41 bits per heavy atom. The van der Waals surface area contributed by atoms with Crippen molar-refractivity contribution < 1.29 is 24.4 Å². The molecule has 27 heavy (non-hydrogen) atoms. The molecule has 0 fully saturated rings. The lowest BCUT2D eigenvalue weighted by molar-refractivity contribution is -0.167. The molecule has 0 aliphatic carbocycles. The number of ether oxygens (including phenoxy) is 3. The molecule has 5 nitrogen and oxygen atoms in total. The highest BCUT2D eigenvalue weighted by atomic mass is 16.7. The van der Waals surface area contributed by atoms with Crippen molar-refractivity contribution in [2.45, 2.75) is 90.3 Å². The molecule has 0 aromatic heterocycles. The molecule has 0 bridgehead atoms. The average molecular weight is 387 g/mol. The normalized spacial score (nSPS) is 14.4. The van der Waals surface area contributed by atoms with Crippen molar-refractivity contribution in [1.29, 1.82) is 0 Å². The summed E-state index contributed by atoms with van der Waals surface area (Å²) in [6.07, 6.45) is 18.2. The maximum Gasteiger partial charge on any atom is 0.149 e. The predicted molar refractivity (Wildman–Crippen MR) is 111 cm³/mol. The summed E-state index contributed by atoms with van der Waals surface area (Å²) in [7, 11) is 0. The summed E-state index contributed by atoms with van der Waals surface area (Å²) in [5, 5.41) is 17.5. The van der Waals surface area contributed by atoms with Gasteiger partial charge in [0.05, 0.1) is 12.2 Å². The van der Waals surface area contributed by atoms with Gasteiger partial charge in [-0.1, -0.05) is 51.0 Å². The van der Waals surface area contributed by atoms with E-state index in [-0.39, 0.29) is 39.0 Å². The first kappa shape index (κ1) is 26.3. The lowest BCUT2D eigenvalue weighted by Crippen LogP contribution is -2.18. The summed E-state index contributed by atoms with van der Waals surface area (Å²) in [5.74, 6) is 0. The molecule has 0 aliphatic heterocycles. The Labute approximate surface area is 166 Å². The van der Waals surface area contributed by atoms with E-state index in [9.17, 15) is 0 Å². The molecule has 0 rings (SSSR count). The van der Waals surface area contributed by atoms with Crippen LogP contribution in [0.5, 0.6) is 0 Å². The van der Waals surface area contributed by atoms with Gasteiger partial charge in [-0.3, -0.25) is 0 Å². The van der Waals surface area contributed by atoms with E-state index < -0.39 is 0 Å². The second-order valence-corrected chi connectivity index (χ2v) is 6.72. The third-order valence-electron chi connectivity index (χ3n) is 4.23. The predicted octanol–water partition coefficient (Wildman–Crippen LogP) is 4.73. The van der Waals surface area contributed by atoms with Crippen LogP contribution in [0.3, 0.4) is 0 Å². The Morgan fingerprint density at radius 1 is 0.630 bits per heavy atom. The van der Waals surface area contributed by atoms with Crippen molar-refractivity contribution in [3.8, 4) is 0 Å². The number of allylic oxidation sites excluding steroid dienone is 2. The second-order valence-electron chi connectivity index (χ2n) is 6.72. The third-order valence-corrected chi connectivity index (χ3v) is 4.23. The van der Waals surface area contributed by atoms with E-state index in [1.165, 1.54) is 0 Å². The molecule has 2 atom stereocenters. The maximum absolute atomic E-state index is 8.76. The van der Waals surface area contributed by atoms with Gasteiger partial charge in [0.25, 0.3) is 0 Å². The molecule has 2 N–H and O–H groups in total. The minimum absolute atomic E-state index is 0.205. The Bertz CT molecular complexity index is 312. The maximum atomic E-state index is 8.76. The summed E-state index contributed by atoms with van der Waals surface area (Å²) in [6.45, 7) is 5.26. The van der Waals surface area contributed by atoms with Crippen LogP contribution in [-0.2, 0) is 14.2 Å². The second kappa shape index (κ2) is 21.6. The highest BCUT2D eigenvalue weighted by Crippen LogP contribution is 2.12. The molecule has 160 valence electrons. The Kier molecular flexibility index (Phi) is 21.0. The lowest BCUT2D eigenvalue weighted by atomic mass is 10.1. The Morgan fingerprint density at radius 2 is 1.04 bits per heavy atom. The fraction of sp³-hybridized carbons (Fsp3) is 0.818. The van der Waals surface area contributed by atoms with E-state index in [2.05, 4.69) is 26.0 Å². The van der Waals surface area contributed by atoms with E-state index in [0.29, 0.717) is 0 Å². The zero-order valence-electron chi connectivity index (χ0n) is 17.5. The molecule has 5 heteroatoms. The van der Waals surface area contributed by atoms with Crippen LogP contribution in [0.15, 0.2) is 24.3 Å². The quantitative estimate of drug-likeness (QED) is 0.180. The van der Waals surface area contributed by atoms with Crippen molar-refractivity contribution in [3.05, 3.63) is 24.3 Å². The van der Waals surface area contributed by atoms with Crippen molar-refractivity contribution in [2.24, 2.45) is 0 Å². The topological polar surface area (TPSA) is 68.2 Å². The minimum Gasteiger partial charge on any atom is -0.396 e. The molecule has 0 saturated heterocycles. The average Bonchev–Trinajstić information content (AvgIpc) is 2.67. The summed E-state index contributed by atoms with van der Waals surface area (Å²) >= 11 is 0. The summed E-state index contributed by atoms with van der Waals surface area (Å²) in [5.41, 5.74) is 0. The molecular formula is C22H42O5. The monoisotopic (exact) mass is 386 g/mol. The fourth-order valence-corrected chi connectivity index (χ4v) is 2.77. The lowest BCUT2D eigenvalue weighted by Gasteiger charge is -2.19. The Hall–Kier alpha value is -0.720. The molecular weight excluding hydrogens is 344 g/mol. The number of aliphatic hydroxyl groups excluding tert-OH is 2. The number of hydrogen-bond acceptors (Lipinski definition) is 5. The number of rotatable bonds is 20. The van der Waals surface area contributed by atoms with Crippen LogP contribution < -0.4 is 0 Å². The highest BCUT2D eigenvalue weighted by Gasteiger charge is 2.09. The van der Waals surface area contributed by atoms with Crippen molar-refractivity contribution in [2.75, 3.05) is 26.8 Å². The standard InChI is InChI=1S/C22H42O5/c1-3-13-21(15-9-5-7-11-17-23)26-19-25-20-27-22(14-4-2)16-10-6-8-12-18-24/h5-8,21-24H,3-4,9-20H2,1-2H3. The number of hydrogen-bond donors (Lipinski definition) is 2. The third kappa shape index (κ3) is 18.4. The molecule has 0 heterocycles. The van der Waals surface area contributed by atoms with Gasteiger partial charge in [-0.15, -0.1) is 0 Å². The van der Waals surface area contributed by atoms with Crippen molar-refractivity contribution >= 4 is 0 Å². The van der Waals surface area contributed by atoms with Crippen LogP contribution in [0.2, 0.25) is 0 Å². The van der Waals surface area contributed by atoms with E-state index in [4.69, 9.17) is 24.4 Å². The molecule has 0 aromatic carbocycles. The van der Waals surface area contributed by atoms with E-state index in [0.717, 1.165) is 64.2 Å². The zero-order valence-corrected chi connectivity index (χ0v) is 17.5. The molecule has 0 aromatic rings. The SMILES string of the molecule is CCCC(CCC=CCCO)OCOCOC(CCC)CCC=CCCO. The molecule has 0 radical (unpaired) electrons. The molecule has 0 saturated carbocycles. The van der Waals surface area contributed by atoms with Gasteiger partial charge in [0.1, 0.15) is 13.6 Å². The van der Waals surface area contributed by atoms with Crippen LogP contribution in [0.1, 0.15) is 78.1 Å². The van der Waals surface area contributed by atoms with Crippen molar-refractivity contribution in [1.82, 2.24) is 0 Å². The molecule has 0 amide bonds. The Balaban J connectivity index is 3.90. The summed E-state index contributed by atoms with van der Waals surface area (Å²) in [4.78, 5) is 0. The van der Waals surface area contributed by atoms with Crippen LogP contribution in [0.4, 0.5) is 0 Å². The van der Waals surface area contributed by atoms with Gasteiger partial charge >= 0.3 is 0 Å². The van der Waals surface area contributed by atoms with Gasteiger partial charge in [-0.2, -0.15) is 0 Å². The first-order valence-electron chi connectivity index (χ1n) is 10.6. The summed E-state index contributed by atoms with van der Waals surface area (Å²) < 4.78 is 17.2. The molecule has 0 spiro atoms. The van der Waals surface area contributed by atoms with Gasteiger partial charge in [0, 0.05) is 13.2 Å².